The highest BCUT2D eigenvalue weighted by atomic mass is 16.6. The van der Waals surface area contributed by atoms with Gasteiger partial charge in [-0.05, 0) is 38.8 Å². The van der Waals surface area contributed by atoms with Gasteiger partial charge >= 0.3 is 0 Å². The van der Waals surface area contributed by atoms with Gasteiger partial charge in [0.15, 0.2) is 0 Å². The zero-order valence-corrected chi connectivity index (χ0v) is 10.4. The Morgan fingerprint density at radius 2 is 2.12 bits per heavy atom. The van der Waals surface area contributed by atoms with E-state index < -0.39 is 4.92 Å². The number of aliphatic hydroxyl groups is 1. The Labute approximate surface area is 101 Å². The Balaban J connectivity index is 3.02. The number of aryl methyl sites for hydroxylation is 1. The van der Waals surface area contributed by atoms with Crippen molar-refractivity contribution < 1.29 is 10.0 Å². The minimum atomic E-state index is -0.398. The molecular formula is C12H18N2O3. The van der Waals surface area contributed by atoms with Crippen LogP contribution in [-0.4, -0.2) is 22.2 Å². The molecule has 5 nitrogen and oxygen atoms in total. The summed E-state index contributed by atoms with van der Waals surface area (Å²) in [6, 6.07) is 5.06. The molecule has 1 aromatic rings. The molecule has 1 aromatic carbocycles. The minimum Gasteiger partial charge on any atom is -0.396 e. The largest absolute Gasteiger partial charge is 0.396 e. The summed E-state index contributed by atoms with van der Waals surface area (Å²) in [5, 5.41) is 23.0. The van der Waals surface area contributed by atoms with E-state index in [1.807, 2.05) is 26.8 Å². The van der Waals surface area contributed by atoms with E-state index in [1.165, 1.54) is 6.07 Å². The average molecular weight is 238 g/mol. The number of anilines is 1. The van der Waals surface area contributed by atoms with Gasteiger partial charge in [0.05, 0.1) is 4.92 Å². The van der Waals surface area contributed by atoms with Gasteiger partial charge in [-0.2, -0.15) is 0 Å². The van der Waals surface area contributed by atoms with E-state index in [4.69, 9.17) is 5.11 Å². The fourth-order valence-electron chi connectivity index (χ4n) is 1.61. The van der Waals surface area contributed by atoms with Gasteiger partial charge in [-0.1, -0.05) is 6.07 Å². The molecule has 0 saturated carbocycles. The molecule has 0 fully saturated rings. The van der Waals surface area contributed by atoms with Crippen LogP contribution in [0.3, 0.4) is 0 Å². The SMILES string of the molecule is Cc1ccc(NC(C)(C)CCO)c([N+](=O)[O-])c1. The van der Waals surface area contributed by atoms with Crippen molar-refractivity contribution >= 4 is 11.4 Å². The van der Waals surface area contributed by atoms with Crippen molar-refractivity contribution in [1.29, 1.82) is 0 Å². The van der Waals surface area contributed by atoms with Crippen LogP contribution in [0.4, 0.5) is 11.4 Å². The van der Waals surface area contributed by atoms with E-state index in [9.17, 15) is 10.1 Å². The molecular weight excluding hydrogens is 220 g/mol. The van der Waals surface area contributed by atoms with Gasteiger partial charge < -0.3 is 10.4 Å². The summed E-state index contributed by atoms with van der Waals surface area (Å²) in [5.41, 5.74) is 1.02. The molecule has 0 bridgehead atoms. The maximum atomic E-state index is 10.9. The fourth-order valence-corrected chi connectivity index (χ4v) is 1.61. The Bertz CT molecular complexity index is 416. The maximum Gasteiger partial charge on any atom is 0.292 e. The van der Waals surface area contributed by atoms with E-state index in [0.717, 1.165) is 5.56 Å². The molecule has 0 saturated heterocycles. The van der Waals surface area contributed by atoms with Crippen molar-refractivity contribution in [2.45, 2.75) is 32.7 Å². The van der Waals surface area contributed by atoms with Gasteiger partial charge in [0, 0.05) is 18.2 Å². The lowest BCUT2D eigenvalue weighted by Gasteiger charge is -2.26. The summed E-state index contributed by atoms with van der Waals surface area (Å²) >= 11 is 0. The van der Waals surface area contributed by atoms with Gasteiger partial charge in [0.1, 0.15) is 5.69 Å². The number of nitrogens with zero attached hydrogens (tertiary/aromatic N) is 1. The molecule has 0 aliphatic rings. The van der Waals surface area contributed by atoms with Gasteiger partial charge in [0.2, 0.25) is 0 Å². The van der Waals surface area contributed by atoms with E-state index in [0.29, 0.717) is 12.1 Å². The van der Waals surface area contributed by atoms with Crippen LogP contribution in [-0.2, 0) is 0 Å². The Morgan fingerprint density at radius 1 is 1.47 bits per heavy atom. The lowest BCUT2D eigenvalue weighted by molar-refractivity contribution is -0.384. The van der Waals surface area contributed by atoms with E-state index in [1.54, 1.807) is 6.07 Å². The predicted octanol–water partition coefficient (Wildman–Crippen LogP) is 2.48. The van der Waals surface area contributed by atoms with Crippen LogP contribution in [0.2, 0.25) is 0 Å². The lowest BCUT2D eigenvalue weighted by atomic mass is 10.0. The van der Waals surface area contributed by atoms with Crippen LogP contribution in [0.5, 0.6) is 0 Å². The van der Waals surface area contributed by atoms with Crippen LogP contribution in [0.25, 0.3) is 0 Å². The highest BCUT2D eigenvalue weighted by Gasteiger charge is 2.21. The Morgan fingerprint density at radius 3 is 2.65 bits per heavy atom. The van der Waals surface area contributed by atoms with Crippen molar-refractivity contribution in [2.75, 3.05) is 11.9 Å². The molecule has 0 aliphatic carbocycles. The molecule has 0 amide bonds. The van der Waals surface area contributed by atoms with E-state index in [2.05, 4.69) is 5.32 Å². The van der Waals surface area contributed by atoms with Crippen LogP contribution >= 0.6 is 0 Å². The summed E-state index contributed by atoms with van der Waals surface area (Å²) in [4.78, 5) is 10.5. The van der Waals surface area contributed by atoms with Gasteiger partial charge in [0.25, 0.3) is 5.69 Å². The number of rotatable bonds is 5. The molecule has 1 rings (SSSR count). The first-order valence-corrected chi connectivity index (χ1v) is 5.50. The first-order chi connectivity index (χ1) is 7.85. The van der Waals surface area contributed by atoms with E-state index in [-0.39, 0.29) is 17.8 Å². The molecule has 0 radical (unpaired) electrons. The molecule has 5 heteroatoms. The monoisotopic (exact) mass is 238 g/mol. The topological polar surface area (TPSA) is 75.4 Å². The second-order valence-corrected chi connectivity index (χ2v) is 4.76. The quantitative estimate of drug-likeness (QED) is 0.610. The molecule has 0 atom stereocenters. The van der Waals surface area contributed by atoms with Gasteiger partial charge in [-0.3, -0.25) is 10.1 Å². The smallest absolute Gasteiger partial charge is 0.292 e. The third-order valence-corrected chi connectivity index (χ3v) is 2.56. The second kappa shape index (κ2) is 5.14. The normalized spacial score (nSPS) is 11.3. The Hall–Kier alpha value is -1.62. The number of nitro benzene ring substituents is 1. The number of benzene rings is 1. The fraction of sp³-hybridized carbons (Fsp3) is 0.500. The first-order valence-electron chi connectivity index (χ1n) is 5.50. The lowest BCUT2D eigenvalue weighted by Crippen LogP contribution is -2.32. The number of nitro groups is 1. The number of aliphatic hydroxyl groups excluding tert-OH is 1. The molecule has 0 spiro atoms. The minimum absolute atomic E-state index is 0.0413. The molecule has 0 aromatic heterocycles. The van der Waals surface area contributed by atoms with E-state index >= 15 is 0 Å². The summed E-state index contributed by atoms with van der Waals surface area (Å²) in [5.74, 6) is 0. The zero-order chi connectivity index (χ0) is 13.1. The van der Waals surface area contributed by atoms with Crippen molar-refractivity contribution in [3.63, 3.8) is 0 Å². The molecule has 17 heavy (non-hydrogen) atoms. The summed E-state index contributed by atoms with van der Waals surface area (Å²) in [6.45, 7) is 5.65. The maximum absolute atomic E-state index is 10.9. The van der Waals surface area contributed by atoms with Crippen LogP contribution in [0.1, 0.15) is 25.8 Å². The highest BCUT2D eigenvalue weighted by molar-refractivity contribution is 5.63. The molecule has 94 valence electrons. The van der Waals surface area contributed by atoms with Crippen molar-refractivity contribution in [2.24, 2.45) is 0 Å². The predicted molar refractivity (Wildman–Crippen MR) is 67.2 cm³/mol. The molecule has 2 N–H and O–H groups in total. The van der Waals surface area contributed by atoms with Crippen molar-refractivity contribution in [3.05, 3.63) is 33.9 Å². The number of hydrogen-bond donors (Lipinski definition) is 2. The molecule has 0 aliphatic heterocycles. The first kappa shape index (κ1) is 13.4. The number of nitrogens with one attached hydrogen (secondary N) is 1. The van der Waals surface area contributed by atoms with Crippen molar-refractivity contribution in [1.82, 2.24) is 0 Å². The molecule has 0 heterocycles. The number of hydrogen-bond acceptors (Lipinski definition) is 4. The highest BCUT2D eigenvalue weighted by Crippen LogP contribution is 2.28. The third kappa shape index (κ3) is 3.71. The zero-order valence-electron chi connectivity index (χ0n) is 10.4. The Kier molecular flexibility index (Phi) is 4.07. The average Bonchev–Trinajstić information content (AvgIpc) is 2.20. The van der Waals surface area contributed by atoms with Crippen LogP contribution in [0, 0.1) is 17.0 Å². The third-order valence-electron chi connectivity index (χ3n) is 2.56. The summed E-state index contributed by atoms with van der Waals surface area (Å²) in [6.07, 6.45) is 0.526. The molecule has 0 unspecified atom stereocenters. The summed E-state index contributed by atoms with van der Waals surface area (Å²) < 4.78 is 0. The summed E-state index contributed by atoms with van der Waals surface area (Å²) in [7, 11) is 0. The van der Waals surface area contributed by atoms with Crippen LogP contribution < -0.4 is 5.32 Å². The standard InChI is InChI=1S/C12H18N2O3/c1-9-4-5-10(11(8-9)14(16)17)13-12(2,3)6-7-15/h4-5,8,13,15H,6-7H2,1-3H3. The van der Waals surface area contributed by atoms with Crippen LogP contribution in [0.15, 0.2) is 18.2 Å². The second-order valence-electron chi connectivity index (χ2n) is 4.76. The van der Waals surface area contributed by atoms with Gasteiger partial charge in [-0.25, -0.2) is 0 Å². The van der Waals surface area contributed by atoms with Gasteiger partial charge in [-0.15, -0.1) is 0 Å². The van der Waals surface area contributed by atoms with Crippen molar-refractivity contribution in [3.8, 4) is 0 Å².